The zero-order valence-corrected chi connectivity index (χ0v) is 7.08. The number of thioether (sulfide) groups is 1. The van der Waals surface area contributed by atoms with E-state index in [1.807, 2.05) is 6.08 Å². The van der Waals surface area contributed by atoms with Crippen LogP contribution in [0.5, 0.6) is 0 Å². The third kappa shape index (κ3) is 0.929. The fraction of sp³-hybridized carbons (Fsp3) is 0.429. The number of hydrogen-bond donors (Lipinski definition) is 1. The number of carbonyl (C=O) groups is 2. The predicted molar refractivity (Wildman–Crippen MR) is 45.2 cm³/mol. The molecule has 1 N–H and O–H groups in total. The van der Waals surface area contributed by atoms with E-state index in [1.165, 1.54) is 0 Å². The highest BCUT2D eigenvalue weighted by Crippen LogP contribution is 2.32. The van der Waals surface area contributed by atoms with E-state index in [0.717, 1.165) is 5.75 Å². The minimum Gasteiger partial charge on any atom is -0.344 e. The van der Waals surface area contributed by atoms with E-state index in [0.29, 0.717) is 6.41 Å². The van der Waals surface area contributed by atoms with E-state index in [2.05, 4.69) is 5.32 Å². The van der Waals surface area contributed by atoms with E-state index in [1.54, 1.807) is 22.9 Å². The molecule has 1 fully saturated rings. The van der Waals surface area contributed by atoms with Crippen LogP contribution in [-0.2, 0) is 9.59 Å². The number of β-lactam (4-membered cyclic amide) rings is 1. The predicted octanol–water partition coefficient (Wildman–Crippen LogP) is -0.470. The van der Waals surface area contributed by atoms with Crippen LogP contribution >= 0.6 is 11.8 Å². The molecule has 1 saturated heterocycles. The molecule has 2 amide bonds. The standard InChI is InChI=1S/C7H8N2O2S/c10-4-8-5-6(11)9-2-1-3-12-7(5)9/h1-2,4-5,7H,3H2,(H,8,10). The Balaban J connectivity index is 2.07. The molecule has 0 spiro atoms. The van der Waals surface area contributed by atoms with Crippen LogP contribution in [0.1, 0.15) is 0 Å². The maximum Gasteiger partial charge on any atom is 0.253 e. The first-order valence-corrected chi connectivity index (χ1v) is 4.69. The maximum atomic E-state index is 11.2. The molecule has 12 heavy (non-hydrogen) atoms. The van der Waals surface area contributed by atoms with Gasteiger partial charge in [0.2, 0.25) is 6.41 Å². The summed E-state index contributed by atoms with van der Waals surface area (Å²) in [5.74, 6) is 0.890. The van der Waals surface area contributed by atoms with E-state index < -0.39 is 0 Å². The van der Waals surface area contributed by atoms with Gasteiger partial charge in [-0.1, -0.05) is 6.08 Å². The second kappa shape index (κ2) is 2.82. The van der Waals surface area contributed by atoms with Crippen molar-refractivity contribution >= 4 is 24.1 Å². The Morgan fingerprint density at radius 2 is 2.58 bits per heavy atom. The van der Waals surface area contributed by atoms with Gasteiger partial charge in [0, 0.05) is 12.0 Å². The Morgan fingerprint density at radius 3 is 3.33 bits per heavy atom. The van der Waals surface area contributed by atoms with Crippen LogP contribution in [0.25, 0.3) is 0 Å². The van der Waals surface area contributed by atoms with Crippen LogP contribution in [0.3, 0.4) is 0 Å². The van der Waals surface area contributed by atoms with Crippen LogP contribution in [0.2, 0.25) is 0 Å². The normalized spacial score (nSPS) is 32.3. The van der Waals surface area contributed by atoms with E-state index >= 15 is 0 Å². The van der Waals surface area contributed by atoms with Crippen molar-refractivity contribution in [2.45, 2.75) is 11.4 Å². The topological polar surface area (TPSA) is 49.4 Å². The zero-order chi connectivity index (χ0) is 8.55. The minimum absolute atomic E-state index is 0.0180. The molecule has 2 atom stereocenters. The van der Waals surface area contributed by atoms with Gasteiger partial charge in [-0.2, -0.15) is 0 Å². The van der Waals surface area contributed by atoms with Crippen molar-refractivity contribution in [1.29, 1.82) is 0 Å². The smallest absolute Gasteiger partial charge is 0.253 e. The first-order valence-electron chi connectivity index (χ1n) is 3.65. The van der Waals surface area contributed by atoms with E-state index in [-0.39, 0.29) is 17.3 Å². The molecule has 2 aliphatic heterocycles. The summed E-state index contributed by atoms with van der Waals surface area (Å²) < 4.78 is 0. The van der Waals surface area contributed by atoms with Gasteiger partial charge in [0.05, 0.1) is 0 Å². The lowest BCUT2D eigenvalue weighted by atomic mass is 10.1. The molecule has 2 heterocycles. The number of fused-ring (bicyclic) bond motifs is 1. The Bertz CT molecular complexity index is 254. The molecular formula is C7H8N2O2S. The average Bonchev–Trinajstić information content (AvgIpc) is 2.13. The summed E-state index contributed by atoms with van der Waals surface area (Å²) in [6, 6.07) is -0.308. The van der Waals surface area contributed by atoms with E-state index in [4.69, 9.17) is 0 Å². The van der Waals surface area contributed by atoms with Gasteiger partial charge in [-0.25, -0.2) is 0 Å². The molecule has 2 unspecified atom stereocenters. The first-order chi connectivity index (χ1) is 5.84. The maximum absolute atomic E-state index is 11.2. The molecule has 0 radical (unpaired) electrons. The van der Waals surface area contributed by atoms with Crippen LogP contribution in [0.15, 0.2) is 12.3 Å². The average molecular weight is 184 g/mol. The molecule has 0 aliphatic carbocycles. The molecule has 64 valence electrons. The summed E-state index contributed by atoms with van der Waals surface area (Å²) in [4.78, 5) is 23.0. The molecule has 4 nitrogen and oxygen atoms in total. The minimum atomic E-state index is -0.308. The second-order valence-corrected chi connectivity index (χ2v) is 3.77. The first kappa shape index (κ1) is 7.67. The van der Waals surface area contributed by atoms with E-state index in [9.17, 15) is 9.59 Å². The second-order valence-electron chi connectivity index (χ2n) is 2.62. The summed E-state index contributed by atoms with van der Waals surface area (Å²) in [7, 11) is 0. The van der Waals surface area contributed by atoms with Gasteiger partial charge in [0.25, 0.3) is 5.91 Å². The Morgan fingerprint density at radius 1 is 1.75 bits per heavy atom. The highest BCUT2D eigenvalue weighted by Gasteiger charge is 2.47. The molecule has 2 rings (SSSR count). The van der Waals surface area contributed by atoms with Crippen molar-refractivity contribution in [3.05, 3.63) is 12.3 Å². The molecule has 5 heteroatoms. The van der Waals surface area contributed by atoms with Gasteiger partial charge in [-0.15, -0.1) is 11.8 Å². The van der Waals surface area contributed by atoms with Gasteiger partial charge in [0.1, 0.15) is 11.4 Å². The van der Waals surface area contributed by atoms with Crippen LogP contribution in [-0.4, -0.2) is 34.4 Å². The third-order valence-corrected chi connectivity index (χ3v) is 3.18. The Hall–Kier alpha value is -0.970. The highest BCUT2D eigenvalue weighted by molar-refractivity contribution is 8.00. The Kier molecular flexibility index (Phi) is 1.80. The fourth-order valence-electron chi connectivity index (χ4n) is 1.36. The van der Waals surface area contributed by atoms with Crippen LogP contribution < -0.4 is 5.32 Å². The SMILES string of the molecule is O=CNC1C(=O)N2C=CCSC12. The summed E-state index contributed by atoms with van der Waals surface area (Å²) in [5, 5.41) is 2.62. The molecule has 0 aromatic heterocycles. The summed E-state index contributed by atoms with van der Waals surface area (Å²) in [6.07, 6.45) is 4.31. The van der Waals surface area contributed by atoms with Crippen molar-refractivity contribution < 1.29 is 9.59 Å². The lowest BCUT2D eigenvalue weighted by Gasteiger charge is -2.45. The highest BCUT2D eigenvalue weighted by atomic mass is 32.2. The molecule has 0 saturated carbocycles. The summed E-state index contributed by atoms with van der Waals surface area (Å²) >= 11 is 1.66. The van der Waals surface area contributed by atoms with Crippen LogP contribution in [0.4, 0.5) is 0 Å². The Labute approximate surface area is 74.0 Å². The van der Waals surface area contributed by atoms with Crippen molar-refractivity contribution in [3.63, 3.8) is 0 Å². The molecular weight excluding hydrogens is 176 g/mol. The molecule has 0 aromatic carbocycles. The van der Waals surface area contributed by atoms with Crippen molar-refractivity contribution in [2.24, 2.45) is 0 Å². The largest absolute Gasteiger partial charge is 0.344 e. The van der Waals surface area contributed by atoms with Crippen molar-refractivity contribution in [3.8, 4) is 0 Å². The number of rotatable bonds is 2. The lowest BCUT2D eigenvalue weighted by molar-refractivity contribution is -0.143. The van der Waals surface area contributed by atoms with Gasteiger partial charge in [-0.3, -0.25) is 9.59 Å². The zero-order valence-electron chi connectivity index (χ0n) is 6.27. The lowest BCUT2D eigenvalue weighted by Crippen LogP contribution is -2.67. The third-order valence-electron chi connectivity index (χ3n) is 1.96. The monoisotopic (exact) mass is 184 g/mol. The number of amides is 2. The molecule has 2 aliphatic rings. The number of nitrogens with one attached hydrogen (secondary N) is 1. The fourth-order valence-corrected chi connectivity index (χ4v) is 2.48. The van der Waals surface area contributed by atoms with Gasteiger partial charge in [0.15, 0.2) is 0 Å². The molecule has 0 bridgehead atoms. The number of carbonyl (C=O) groups excluding carboxylic acids is 2. The van der Waals surface area contributed by atoms with Crippen molar-refractivity contribution in [2.75, 3.05) is 5.75 Å². The quantitative estimate of drug-likeness (QED) is 0.466. The van der Waals surface area contributed by atoms with Gasteiger partial charge in [-0.05, 0) is 0 Å². The van der Waals surface area contributed by atoms with Crippen molar-refractivity contribution in [1.82, 2.24) is 10.2 Å². The van der Waals surface area contributed by atoms with Gasteiger partial charge < -0.3 is 10.2 Å². The van der Waals surface area contributed by atoms with Crippen LogP contribution in [0, 0.1) is 0 Å². The molecule has 0 aromatic rings. The number of nitrogens with zero attached hydrogens (tertiary/aromatic N) is 1. The summed E-state index contributed by atoms with van der Waals surface area (Å²) in [5.41, 5.74) is 0. The van der Waals surface area contributed by atoms with Gasteiger partial charge >= 0.3 is 0 Å². The summed E-state index contributed by atoms with van der Waals surface area (Å²) in [6.45, 7) is 0. The number of hydrogen-bond acceptors (Lipinski definition) is 3.